The third-order valence-corrected chi connectivity index (χ3v) is 10.5. The molecule has 0 spiro atoms. The lowest BCUT2D eigenvalue weighted by molar-refractivity contribution is -0.0710. The quantitative estimate of drug-likeness (QED) is 0.431. The molecule has 4 aliphatic carbocycles. The smallest absolute Gasteiger partial charge is 0.122 e. The molecule has 9 atom stereocenters. The highest BCUT2D eigenvalue weighted by molar-refractivity contribution is 5.26. The van der Waals surface area contributed by atoms with Crippen molar-refractivity contribution >= 4 is 0 Å². The molecule has 0 radical (unpaired) electrons. The maximum Gasteiger partial charge on any atom is 0.122 e. The van der Waals surface area contributed by atoms with Gasteiger partial charge in [0.1, 0.15) is 5.60 Å². The Morgan fingerprint density at radius 2 is 1.90 bits per heavy atom. The second-order valence-electron chi connectivity index (χ2n) is 12.6. The molecular formula is C28H44O2. The number of allylic oxidation sites excluding steroid dienone is 1. The van der Waals surface area contributed by atoms with Crippen LogP contribution in [0.15, 0.2) is 11.6 Å². The Morgan fingerprint density at radius 1 is 1.17 bits per heavy atom. The summed E-state index contributed by atoms with van der Waals surface area (Å²) in [4.78, 5) is 0. The minimum atomic E-state index is -0.966. The van der Waals surface area contributed by atoms with E-state index >= 15 is 0 Å². The molecule has 0 aromatic heterocycles. The van der Waals surface area contributed by atoms with Gasteiger partial charge in [-0.1, -0.05) is 38.3 Å². The van der Waals surface area contributed by atoms with Gasteiger partial charge in [0.15, 0.2) is 0 Å². The van der Waals surface area contributed by atoms with Crippen molar-refractivity contribution in [3.63, 3.8) is 0 Å². The predicted molar refractivity (Wildman–Crippen MR) is 124 cm³/mol. The van der Waals surface area contributed by atoms with Gasteiger partial charge in [0.2, 0.25) is 0 Å². The predicted octanol–water partition coefficient (Wildman–Crippen LogP) is 6.12. The molecular weight excluding hydrogens is 368 g/mol. The Kier molecular flexibility index (Phi) is 5.52. The van der Waals surface area contributed by atoms with Crippen LogP contribution in [0, 0.1) is 52.8 Å². The third kappa shape index (κ3) is 3.59. The minimum Gasteiger partial charge on any atom is -0.390 e. The third-order valence-electron chi connectivity index (χ3n) is 10.5. The Hall–Kier alpha value is -0.780. The Morgan fingerprint density at radius 3 is 2.60 bits per heavy atom. The van der Waals surface area contributed by atoms with Gasteiger partial charge < -0.3 is 10.2 Å². The van der Waals surface area contributed by atoms with Crippen molar-refractivity contribution in [1.82, 2.24) is 0 Å². The van der Waals surface area contributed by atoms with Crippen LogP contribution in [-0.4, -0.2) is 21.4 Å². The zero-order valence-corrected chi connectivity index (χ0v) is 20.0. The number of hydrogen-bond acceptors (Lipinski definition) is 2. The first-order chi connectivity index (χ1) is 13.9. The van der Waals surface area contributed by atoms with Crippen molar-refractivity contribution in [2.45, 2.75) is 110 Å². The highest BCUT2D eigenvalue weighted by atomic mass is 16.3. The maximum atomic E-state index is 10.7. The average Bonchev–Trinajstić information content (AvgIpc) is 3.04. The van der Waals surface area contributed by atoms with Crippen LogP contribution >= 0.6 is 0 Å². The van der Waals surface area contributed by atoms with E-state index in [1.54, 1.807) is 12.5 Å². The lowest BCUT2D eigenvalue weighted by Crippen LogP contribution is -2.52. The summed E-state index contributed by atoms with van der Waals surface area (Å²) in [6.45, 7) is 11.3. The molecule has 3 fully saturated rings. The first-order valence-corrected chi connectivity index (χ1v) is 12.5. The summed E-state index contributed by atoms with van der Waals surface area (Å²) in [7, 11) is 0. The van der Waals surface area contributed by atoms with Gasteiger partial charge in [0.25, 0.3) is 0 Å². The molecule has 0 aromatic carbocycles. The Labute approximate surface area is 184 Å². The van der Waals surface area contributed by atoms with Crippen LogP contribution in [0.5, 0.6) is 0 Å². The number of rotatable bonds is 4. The second-order valence-corrected chi connectivity index (χ2v) is 12.6. The van der Waals surface area contributed by atoms with Crippen LogP contribution in [0.25, 0.3) is 0 Å². The van der Waals surface area contributed by atoms with Crippen molar-refractivity contribution < 1.29 is 10.2 Å². The zero-order chi connectivity index (χ0) is 21.9. The molecule has 2 nitrogen and oxygen atoms in total. The van der Waals surface area contributed by atoms with E-state index in [0.717, 1.165) is 49.4 Å². The highest BCUT2D eigenvalue weighted by Gasteiger charge is 2.59. The molecule has 168 valence electrons. The monoisotopic (exact) mass is 412 g/mol. The van der Waals surface area contributed by atoms with Crippen molar-refractivity contribution in [3.8, 4) is 12.3 Å². The molecule has 2 N–H and O–H groups in total. The van der Waals surface area contributed by atoms with E-state index in [1.165, 1.54) is 32.1 Å². The summed E-state index contributed by atoms with van der Waals surface area (Å²) in [6, 6.07) is 0. The lowest BCUT2D eigenvalue weighted by Gasteiger charge is -2.59. The largest absolute Gasteiger partial charge is 0.390 e. The van der Waals surface area contributed by atoms with Gasteiger partial charge in [0.05, 0.1) is 5.60 Å². The molecule has 30 heavy (non-hydrogen) atoms. The highest BCUT2D eigenvalue weighted by Crippen LogP contribution is 2.67. The first kappa shape index (κ1) is 22.4. The van der Waals surface area contributed by atoms with Gasteiger partial charge in [-0.2, -0.15) is 0 Å². The van der Waals surface area contributed by atoms with Crippen molar-refractivity contribution in [3.05, 3.63) is 11.6 Å². The maximum absolute atomic E-state index is 10.7. The van der Waals surface area contributed by atoms with E-state index in [1.807, 2.05) is 6.92 Å². The van der Waals surface area contributed by atoms with Crippen LogP contribution in [0.4, 0.5) is 0 Å². The molecule has 0 bridgehead atoms. The standard InChI is InChI=1S/C28H44O2/c1-7-25(3,29)14-12-19(2)22-10-11-23-21-9-8-20-18-26(4,30)16-17-27(20,5)24(21)13-15-28(22,23)6/h1,8,19,21-24,29-30H,9-18H2,2-6H3. The van der Waals surface area contributed by atoms with Gasteiger partial charge in [-0.3, -0.25) is 0 Å². The van der Waals surface area contributed by atoms with Gasteiger partial charge in [0, 0.05) is 0 Å². The number of aliphatic hydroxyl groups is 2. The summed E-state index contributed by atoms with van der Waals surface area (Å²) < 4.78 is 0. The fourth-order valence-corrected chi connectivity index (χ4v) is 8.56. The zero-order valence-electron chi connectivity index (χ0n) is 20.0. The molecule has 0 heterocycles. The van der Waals surface area contributed by atoms with Crippen LogP contribution < -0.4 is 0 Å². The van der Waals surface area contributed by atoms with Crippen LogP contribution in [0.2, 0.25) is 0 Å². The molecule has 2 heteroatoms. The molecule has 4 rings (SSSR count). The van der Waals surface area contributed by atoms with Gasteiger partial charge >= 0.3 is 0 Å². The fourth-order valence-electron chi connectivity index (χ4n) is 8.56. The molecule has 0 aliphatic heterocycles. The number of hydrogen-bond donors (Lipinski definition) is 2. The summed E-state index contributed by atoms with van der Waals surface area (Å²) in [5.74, 6) is 6.36. The molecule has 4 aliphatic rings. The molecule has 0 saturated heterocycles. The van der Waals surface area contributed by atoms with Crippen molar-refractivity contribution in [2.24, 2.45) is 40.4 Å². The summed E-state index contributed by atoms with van der Waals surface area (Å²) in [6.07, 6.45) is 19.4. The molecule has 3 saturated carbocycles. The van der Waals surface area contributed by atoms with E-state index in [2.05, 4.69) is 32.8 Å². The topological polar surface area (TPSA) is 40.5 Å². The SMILES string of the molecule is C#CC(C)(O)CCC(C)C1CCC2C3CC=C4CC(C)(O)CCC4(C)C3CCC12C. The van der Waals surface area contributed by atoms with Gasteiger partial charge in [-0.15, -0.1) is 6.42 Å². The summed E-state index contributed by atoms with van der Waals surface area (Å²) >= 11 is 0. The molecule has 0 amide bonds. The summed E-state index contributed by atoms with van der Waals surface area (Å²) in [5, 5.41) is 20.9. The van der Waals surface area contributed by atoms with E-state index < -0.39 is 11.2 Å². The minimum absolute atomic E-state index is 0.307. The Bertz CT molecular complexity index is 740. The van der Waals surface area contributed by atoms with Gasteiger partial charge in [-0.25, -0.2) is 0 Å². The number of terminal acetylenes is 1. The van der Waals surface area contributed by atoms with Crippen molar-refractivity contribution in [2.75, 3.05) is 0 Å². The number of fused-ring (bicyclic) bond motifs is 5. The lowest BCUT2D eigenvalue weighted by atomic mass is 9.46. The van der Waals surface area contributed by atoms with E-state index in [-0.39, 0.29) is 0 Å². The van der Waals surface area contributed by atoms with Crippen LogP contribution in [0.1, 0.15) is 98.8 Å². The van der Waals surface area contributed by atoms with E-state index in [9.17, 15) is 10.2 Å². The fraction of sp³-hybridized carbons (Fsp3) is 0.857. The van der Waals surface area contributed by atoms with E-state index in [0.29, 0.717) is 23.2 Å². The second kappa shape index (κ2) is 7.38. The first-order valence-electron chi connectivity index (χ1n) is 12.5. The van der Waals surface area contributed by atoms with Crippen molar-refractivity contribution in [1.29, 1.82) is 0 Å². The van der Waals surface area contributed by atoms with Crippen LogP contribution in [-0.2, 0) is 0 Å². The van der Waals surface area contributed by atoms with E-state index in [4.69, 9.17) is 6.42 Å². The van der Waals surface area contributed by atoms with Gasteiger partial charge in [-0.05, 0) is 118 Å². The molecule has 0 aromatic rings. The normalized spacial score (nSPS) is 48.4. The Balaban J connectivity index is 1.51. The summed E-state index contributed by atoms with van der Waals surface area (Å²) in [5.41, 5.74) is 0.829. The average molecular weight is 413 g/mol. The molecule has 9 unspecified atom stereocenters. The van der Waals surface area contributed by atoms with Crippen LogP contribution in [0.3, 0.4) is 0 Å².